The van der Waals surface area contributed by atoms with Crippen molar-refractivity contribution < 1.29 is 4.79 Å². The molecule has 1 aliphatic heterocycles. The third kappa shape index (κ3) is 4.01. The lowest BCUT2D eigenvalue weighted by Gasteiger charge is -2.30. The van der Waals surface area contributed by atoms with Gasteiger partial charge in [0.25, 0.3) is 5.91 Å². The van der Waals surface area contributed by atoms with Crippen LogP contribution >= 0.6 is 11.3 Å². The quantitative estimate of drug-likeness (QED) is 0.730. The lowest BCUT2D eigenvalue weighted by Crippen LogP contribution is -2.33. The Balaban J connectivity index is 1.41. The molecule has 0 bridgehead atoms. The first kappa shape index (κ1) is 18.1. The fraction of sp³-hybridized carbons (Fsp3) is 0.474. The molecule has 1 aliphatic rings. The van der Waals surface area contributed by atoms with Crippen LogP contribution in [0.15, 0.2) is 23.6 Å². The number of fused-ring (bicyclic) bond motifs is 1. The molecule has 8 heteroatoms. The molecule has 142 valence electrons. The molecule has 1 fully saturated rings. The van der Waals surface area contributed by atoms with E-state index < -0.39 is 0 Å². The van der Waals surface area contributed by atoms with Crippen molar-refractivity contribution in [1.82, 2.24) is 24.9 Å². The van der Waals surface area contributed by atoms with Crippen LogP contribution in [0.3, 0.4) is 0 Å². The third-order valence-electron chi connectivity index (χ3n) is 4.97. The summed E-state index contributed by atoms with van der Waals surface area (Å²) < 4.78 is 1.81. The summed E-state index contributed by atoms with van der Waals surface area (Å²) in [6.45, 7) is 8.16. The third-order valence-corrected chi connectivity index (χ3v) is 5.78. The van der Waals surface area contributed by atoms with Gasteiger partial charge in [0.2, 0.25) is 0 Å². The summed E-state index contributed by atoms with van der Waals surface area (Å²) >= 11 is 1.47. The van der Waals surface area contributed by atoms with E-state index in [9.17, 15) is 4.79 Å². The number of hydrogen-bond donors (Lipinski definition) is 1. The van der Waals surface area contributed by atoms with Gasteiger partial charge in [0.1, 0.15) is 5.52 Å². The molecule has 1 aromatic carbocycles. The maximum Gasteiger partial charge on any atom is 0.257 e. The van der Waals surface area contributed by atoms with Crippen molar-refractivity contribution in [2.45, 2.75) is 39.8 Å². The van der Waals surface area contributed by atoms with E-state index in [2.05, 4.69) is 32.4 Å². The number of piperidine rings is 1. The van der Waals surface area contributed by atoms with Gasteiger partial charge in [-0.15, -0.1) is 16.4 Å². The maximum absolute atomic E-state index is 12.6. The van der Waals surface area contributed by atoms with Crippen LogP contribution in [-0.2, 0) is 13.1 Å². The lowest BCUT2D eigenvalue weighted by molar-refractivity contribution is 0.102. The lowest BCUT2D eigenvalue weighted by atomic mass is 10.0. The van der Waals surface area contributed by atoms with Gasteiger partial charge in [-0.2, -0.15) is 0 Å². The molecule has 0 aliphatic carbocycles. The van der Waals surface area contributed by atoms with Crippen LogP contribution in [0.5, 0.6) is 0 Å². The second-order valence-electron chi connectivity index (χ2n) is 7.19. The fourth-order valence-electron chi connectivity index (χ4n) is 3.61. The van der Waals surface area contributed by atoms with E-state index in [1.54, 1.807) is 12.1 Å². The molecular weight excluding hydrogens is 360 g/mol. The minimum absolute atomic E-state index is 0.171. The number of amides is 1. The van der Waals surface area contributed by atoms with Gasteiger partial charge in [-0.1, -0.05) is 12.1 Å². The minimum atomic E-state index is -0.171. The Bertz CT molecular complexity index is 949. The van der Waals surface area contributed by atoms with E-state index in [1.807, 2.05) is 23.1 Å². The molecule has 3 heterocycles. The van der Waals surface area contributed by atoms with Crippen LogP contribution in [0.25, 0.3) is 11.0 Å². The molecule has 1 N–H and O–H groups in total. The number of rotatable bonds is 5. The van der Waals surface area contributed by atoms with Crippen molar-refractivity contribution in [1.29, 1.82) is 0 Å². The number of benzene rings is 1. The number of hydrogen-bond acceptors (Lipinski definition) is 6. The smallest absolute Gasteiger partial charge is 0.257 e. The van der Waals surface area contributed by atoms with E-state index in [4.69, 9.17) is 0 Å². The van der Waals surface area contributed by atoms with Crippen LogP contribution in [-0.4, -0.2) is 43.9 Å². The molecule has 1 saturated heterocycles. The normalized spacial score (nSPS) is 18.1. The molecule has 0 saturated carbocycles. The van der Waals surface area contributed by atoms with Crippen LogP contribution in [0, 0.1) is 5.92 Å². The average molecular weight is 385 g/mol. The van der Waals surface area contributed by atoms with Gasteiger partial charge in [0.05, 0.1) is 11.2 Å². The Hall–Kier alpha value is -2.32. The number of carbonyl (C=O) groups excluding carboxylic acids is 1. The standard InChI is InChI=1S/C19H24N6OS/c1-3-25-17-7-6-14(9-16(17)22-23-25)18(26)21-19-20-15(12-27-19)11-24-8-4-5-13(2)10-24/h6-7,9,12-13H,3-5,8,10-11H2,1-2H3,(H,20,21,26). The first-order chi connectivity index (χ1) is 13.1. The highest BCUT2D eigenvalue weighted by atomic mass is 32.1. The van der Waals surface area contributed by atoms with Crippen molar-refractivity contribution in [3.8, 4) is 0 Å². The highest BCUT2D eigenvalue weighted by Gasteiger charge is 2.18. The molecule has 0 spiro atoms. The van der Waals surface area contributed by atoms with Crippen LogP contribution in [0.1, 0.15) is 42.7 Å². The number of aromatic nitrogens is 4. The molecule has 3 aromatic rings. The summed E-state index contributed by atoms with van der Waals surface area (Å²) in [7, 11) is 0. The van der Waals surface area contributed by atoms with E-state index in [0.717, 1.165) is 48.8 Å². The summed E-state index contributed by atoms with van der Waals surface area (Å²) in [5.74, 6) is 0.576. The fourth-order valence-corrected chi connectivity index (χ4v) is 4.31. The highest BCUT2D eigenvalue weighted by Crippen LogP contribution is 2.22. The first-order valence-electron chi connectivity index (χ1n) is 9.43. The van der Waals surface area contributed by atoms with Crippen molar-refractivity contribution in [3.05, 3.63) is 34.8 Å². The second kappa shape index (κ2) is 7.74. The van der Waals surface area contributed by atoms with E-state index >= 15 is 0 Å². The molecule has 2 aromatic heterocycles. The van der Waals surface area contributed by atoms with Gasteiger partial charge in [-0.3, -0.25) is 15.0 Å². The molecule has 7 nitrogen and oxygen atoms in total. The summed E-state index contributed by atoms with van der Waals surface area (Å²) in [4.78, 5) is 19.6. The monoisotopic (exact) mass is 384 g/mol. The Morgan fingerprint density at radius 1 is 1.41 bits per heavy atom. The van der Waals surface area contributed by atoms with E-state index in [1.165, 1.54) is 24.2 Å². The molecule has 1 unspecified atom stereocenters. The van der Waals surface area contributed by atoms with Gasteiger partial charge < -0.3 is 0 Å². The Kier molecular flexibility index (Phi) is 5.18. The molecule has 4 rings (SSSR count). The van der Waals surface area contributed by atoms with Gasteiger partial charge in [-0.05, 0) is 50.4 Å². The first-order valence-corrected chi connectivity index (χ1v) is 10.3. The Labute approximate surface area is 162 Å². The zero-order chi connectivity index (χ0) is 18.8. The topological polar surface area (TPSA) is 75.9 Å². The van der Waals surface area contributed by atoms with Crippen LogP contribution in [0.2, 0.25) is 0 Å². The molecule has 1 amide bonds. The number of carbonyl (C=O) groups is 1. The minimum Gasteiger partial charge on any atom is -0.298 e. The van der Waals surface area contributed by atoms with Crippen LogP contribution in [0.4, 0.5) is 5.13 Å². The molecule has 1 atom stereocenters. The van der Waals surface area contributed by atoms with Gasteiger partial charge in [0, 0.05) is 30.6 Å². The van der Waals surface area contributed by atoms with Crippen molar-refractivity contribution >= 4 is 33.4 Å². The number of nitrogens with zero attached hydrogens (tertiary/aromatic N) is 5. The van der Waals surface area contributed by atoms with Gasteiger partial charge >= 0.3 is 0 Å². The zero-order valence-electron chi connectivity index (χ0n) is 15.7. The van der Waals surface area contributed by atoms with Crippen molar-refractivity contribution in [3.63, 3.8) is 0 Å². The molecule has 27 heavy (non-hydrogen) atoms. The number of likely N-dealkylation sites (tertiary alicyclic amines) is 1. The number of nitrogens with one attached hydrogen (secondary N) is 1. The van der Waals surface area contributed by atoms with Crippen molar-refractivity contribution in [2.24, 2.45) is 5.92 Å². The predicted octanol–water partition coefficient (Wildman–Crippen LogP) is 3.39. The second-order valence-corrected chi connectivity index (χ2v) is 8.05. The molecule has 0 radical (unpaired) electrons. The van der Waals surface area contributed by atoms with E-state index in [-0.39, 0.29) is 5.91 Å². The zero-order valence-corrected chi connectivity index (χ0v) is 16.5. The van der Waals surface area contributed by atoms with E-state index in [0.29, 0.717) is 10.7 Å². The highest BCUT2D eigenvalue weighted by molar-refractivity contribution is 7.14. The summed E-state index contributed by atoms with van der Waals surface area (Å²) in [6, 6.07) is 5.46. The van der Waals surface area contributed by atoms with Crippen molar-refractivity contribution in [2.75, 3.05) is 18.4 Å². The van der Waals surface area contributed by atoms with Gasteiger partial charge in [-0.25, -0.2) is 9.67 Å². The average Bonchev–Trinajstić information content (AvgIpc) is 3.27. The Morgan fingerprint density at radius 3 is 3.11 bits per heavy atom. The number of aryl methyl sites for hydroxylation is 1. The molecular formula is C19H24N6OS. The van der Waals surface area contributed by atoms with Gasteiger partial charge in [0.15, 0.2) is 5.13 Å². The largest absolute Gasteiger partial charge is 0.298 e. The summed E-state index contributed by atoms with van der Waals surface area (Å²) in [5, 5.41) is 13.8. The summed E-state index contributed by atoms with van der Waals surface area (Å²) in [6.07, 6.45) is 2.56. The number of thiazole rings is 1. The summed E-state index contributed by atoms with van der Waals surface area (Å²) in [5.41, 5.74) is 3.24. The SMILES string of the molecule is CCn1nnc2cc(C(=O)Nc3nc(CN4CCCC(C)C4)cs3)ccc21. The number of anilines is 1. The maximum atomic E-state index is 12.6. The predicted molar refractivity (Wildman–Crippen MR) is 107 cm³/mol. The van der Waals surface area contributed by atoms with Crippen LogP contribution < -0.4 is 5.32 Å². The Morgan fingerprint density at radius 2 is 2.30 bits per heavy atom.